The van der Waals surface area contributed by atoms with Crippen molar-refractivity contribution in [2.24, 2.45) is 4.99 Å². The predicted molar refractivity (Wildman–Crippen MR) is 111 cm³/mol. The van der Waals surface area contributed by atoms with Crippen molar-refractivity contribution in [1.29, 1.82) is 0 Å². The highest BCUT2D eigenvalue weighted by molar-refractivity contribution is 14.0. The minimum atomic E-state index is 0. The first-order valence-corrected chi connectivity index (χ1v) is 9.02. The zero-order chi connectivity index (χ0) is 15.9. The lowest BCUT2D eigenvalue weighted by molar-refractivity contribution is 0.573. The van der Waals surface area contributed by atoms with E-state index in [9.17, 15) is 0 Å². The second-order valence-electron chi connectivity index (χ2n) is 6.62. The van der Waals surface area contributed by atoms with Gasteiger partial charge in [-0.1, -0.05) is 12.8 Å². The highest BCUT2D eigenvalue weighted by Gasteiger charge is 2.16. The van der Waals surface area contributed by atoms with Crippen LogP contribution >= 0.6 is 24.0 Å². The van der Waals surface area contributed by atoms with Crippen molar-refractivity contribution in [3.05, 3.63) is 23.9 Å². The summed E-state index contributed by atoms with van der Waals surface area (Å²) in [5.41, 5.74) is 1.26. The largest absolute Gasteiger partial charge is 0.357 e. The number of nitrogens with one attached hydrogen (secondary N) is 2. The van der Waals surface area contributed by atoms with Crippen LogP contribution in [0, 0.1) is 0 Å². The molecule has 1 saturated carbocycles. The molecule has 0 spiro atoms. The monoisotopic (exact) mass is 443 g/mol. The van der Waals surface area contributed by atoms with Crippen LogP contribution in [-0.4, -0.2) is 37.1 Å². The van der Waals surface area contributed by atoms with Gasteiger partial charge in [0.05, 0.1) is 0 Å². The number of hydrogen-bond donors (Lipinski definition) is 2. The Morgan fingerprint density at radius 2 is 1.96 bits per heavy atom. The first-order valence-electron chi connectivity index (χ1n) is 9.02. The molecular weight excluding hydrogens is 413 g/mol. The Hall–Kier alpha value is -1.05. The molecule has 1 saturated heterocycles. The fraction of sp³-hybridized carbons (Fsp3) is 0.667. The molecule has 0 atom stereocenters. The lowest BCUT2D eigenvalue weighted by Gasteiger charge is -2.28. The van der Waals surface area contributed by atoms with Crippen LogP contribution in [0.25, 0.3) is 0 Å². The molecule has 1 aromatic rings. The number of aliphatic imine (C=N–C) groups is 1. The number of guanidine groups is 1. The van der Waals surface area contributed by atoms with E-state index in [2.05, 4.69) is 37.6 Å². The number of rotatable bonds is 4. The summed E-state index contributed by atoms with van der Waals surface area (Å²) in [6.45, 7) is 3.05. The molecule has 24 heavy (non-hydrogen) atoms. The van der Waals surface area contributed by atoms with Gasteiger partial charge in [-0.05, 0) is 49.8 Å². The quantitative estimate of drug-likeness (QED) is 0.426. The van der Waals surface area contributed by atoms with Gasteiger partial charge in [-0.3, -0.25) is 4.99 Å². The van der Waals surface area contributed by atoms with Gasteiger partial charge >= 0.3 is 0 Å². The van der Waals surface area contributed by atoms with Gasteiger partial charge < -0.3 is 15.5 Å². The van der Waals surface area contributed by atoms with E-state index in [1.807, 2.05) is 13.2 Å². The molecule has 2 heterocycles. The van der Waals surface area contributed by atoms with Gasteiger partial charge in [-0.2, -0.15) is 0 Å². The van der Waals surface area contributed by atoms with Crippen LogP contribution in [0.15, 0.2) is 23.3 Å². The molecule has 134 valence electrons. The number of hydrogen-bond acceptors (Lipinski definition) is 3. The molecule has 2 N–H and O–H groups in total. The lowest BCUT2D eigenvalue weighted by atomic mass is 10.1. The highest BCUT2D eigenvalue weighted by atomic mass is 127. The minimum Gasteiger partial charge on any atom is -0.357 e. The molecule has 6 heteroatoms. The summed E-state index contributed by atoms with van der Waals surface area (Å²) in [7, 11) is 1.84. The molecule has 0 amide bonds. The van der Waals surface area contributed by atoms with E-state index in [0.29, 0.717) is 6.04 Å². The van der Waals surface area contributed by atoms with Gasteiger partial charge in [-0.15, -0.1) is 24.0 Å². The van der Waals surface area contributed by atoms with Crippen LogP contribution in [0.4, 0.5) is 5.82 Å². The average Bonchev–Trinajstić information content (AvgIpc) is 3.13. The van der Waals surface area contributed by atoms with Crippen molar-refractivity contribution in [2.75, 3.05) is 25.0 Å². The molecule has 5 nitrogen and oxygen atoms in total. The molecule has 0 bridgehead atoms. The van der Waals surface area contributed by atoms with E-state index in [1.165, 1.54) is 50.5 Å². The van der Waals surface area contributed by atoms with Gasteiger partial charge in [0.15, 0.2) is 5.96 Å². The van der Waals surface area contributed by atoms with Crippen molar-refractivity contribution < 1.29 is 0 Å². The Morgan fingerprint density at radius 3 is 2.67 bits per heavy atom. The Kier molecular flexibility index (Phi) is 8.08. The number of pyridine rings is 1. The van der Waals surface area contributed by atoms with Crippen LogP contribution in [0.5, 0.6) is 0 Å². The first kappa shape index (κ1) is 19.3. The normalized spacial score (nSPS) is 19.0. The summed E-state index contributed by atoms with van der Waals surface area (Å²) in [5, 5.41) is 6.96. The zero-order valence-electron chi connectivity index (χ0n) is 14.6. The smallest absolute Gasteiger partial charge is 0.191 e. The summed E-state index contributed by atoms with van der Waals surface area (Å²) in [5.74, 6) is 2.02. The van der Waals surface area contributed by atoms with Crippen LogP contribution in [-0.2, 0) is 6.54 Å². The predicted octanol–water partition coefficient (Wildman–Crippen LogP) is 3.30. The molecule has 3 rings (SSSR count). The third kappa shape index (κ3) is 5.50. The zero-order valence-corrected chi connectivity index (χ0v) is 17.0. The maximum atomic E-state index is 4.55. The van der Waals surface area contributed by atoms with E-state index in [1.54, 1.807) is 0 Å². The maximum absolute atomic E-state index is 4.55. The molecule has 1 aliphatic heterocycles. The summed E-state index contributed by atoms with van der Waals surface area (Å²) >= 11 is 0. The lowest BCUT2D eigenvalue weighted by Crippen LogP contribution is -2.42. The van der Waals surface area contributed by atoms with E-state index < -0.39 is 0 Å². The SMILES string of the molecule is CN=C(NCc1ccnc(N2CCCCC2)c1)NC1CCCC1.I. The van der Waals surface area contributed by atoms with Crippen molar-refractivity contribution in [3.8, 4) is 0 Å². The minimum absolute atomic E-state index is 0. The number of nitrogens with zero attached hydrogens (tertiary/aromatic N) is 3. The number of anilines is 1. The van der Waals surface area contributed by atoms with Gasteiger partial charge in [0.2, 0.25) is 0 Å². The Labute approximate surface area is 162 Å². The Bertz CT molecular complexity index is 522. The van der Waals surface area contributed by atoms with Gasteiger partial charge in [0.1, 0.15) is 5.82 Å². The molecular formula is C18H30IN5. The second kappa shape index (κ2) is 10.1. The molecule has 2 fully saturated rings. The molecule has 2 aliphatic rings. The van der Waals surface area contributed by atoms with Crippen LogP contribution in [0.1, 0.15) is 50.5 Å². The Morgan fingerprint density at radius 1 is 1.21 bits per heavy atom. The topological polar surface area (TPSA) is 52.6 Å². The van der Waals surface area contributed by atoms with Crippen molar-refractivity contribution in [1.82, 2.24) is 15.6 Å². The van der Waals surface area contributed by atoms with Gasteiger partial charge in [0, 0.05) is 38.9 Å². The van der Waals surface area contributed by atoms with Gasteiger partial charge in [-0.25, -0.2) is 4.98 Å². The van der Waals surface area contributed by atoms with Gasteiger partial charge in [0.25, 0.3) is 0 Å². The van der Waals surface area contributed by atoms with E-state index in [4.69, 9.17) is 0 Å². The molecule has 1 aromatic heterocycles. The number of halogens is 1. The fourth-order valence-corrected chi connectivity index (χ4v) is 3.51. The highest BCUT2D eigenvalue weighted by Crippen LogP contribution is 2.19. The summed E-state index contributed by atoms with van der Waals surface area (Å²) in [4.78, 5) is 11.3. The summed E-state index contributed by atoms with van der Waals surface area (Å²) in [6.07, 6.45) is 11.0. The molecule has 1 aliphatic carbocycles. The van der Waals surface area contributed by atoms with E-state index in [0.717, 1.165) is 31.4 Å². The van der Waals surface area contributed by atoms with Crippen molar-refractivity contribution in [3.63, 3.8) is 0 Å². The molecule has 0 aromatic carbocycles. The fourth-order valence-electron chi connectivity index (χ4n) is 3.51. The third-order valence-corrected chi connectivity index (χ3v) is 4.87. The number of aromatic nitrogens is 1. The van der Waals surface area contributed by atoms with E-state index >= 15 is 0 Å². The van der Waals surface area contributed by atoms with Crippen molar-refractivity contribution >= 4 is 35.8 Å². The maximum Gasteiger partial charge on any atom is 0.191 e. The average molecular weight is 443 g/mol. The van der Waals surface area contributed by atoms with E-state index in [-0.39, 0.29) is 24.0 Å². The third-order valence-electron chi connectivity index (χ3n) is 4.87. The standard InChI is InChI=1S/C18H29N5.HI/c1-19-18(22-16-7-3-4-8-16)21-14-15-9-10-20-17(13-15)23-11-5-2-6-12-23;/h9-10,13,16H,2-8,11-12,14H2,1H3,(H2,19,21,22);1H. The van der Waals surface area contributed by atoms with Crippen LogP contribution in [0.3, 0.4) is 0 Å². The second-order valence-corrected chi connectivity index (χ2v) is 6.62. The van der Waals surface area contributed by atoms with Crippen LogP contribution in [0.2, 0.25) is 0 Å². The molecule has 0 radical (unpaired) electrons. The first-order chi connectivity index (χ1) is 11.3. The van der Waals surface area contributed by atoms with Crippen LogP contribution < -0.4 is 15.5 Å². The molecule has 0 unspecified atom stereocenters. The summed E-state index contributed by atoms with van der Waals surface area (Å²) in [6, 6.07) is 4.88. The van der Waals surface area contributed by atoms with Crippen molar-refractivity contribution in [2.45, 2.75) is 57.5 Å². The number of piperidine rings is 1. The summed E-state index contributed by atoms with van der Waals surface area (Å²) < 4.78 is 0. The Balaban J connectivity index is 0.00000208.